The Morgan fingerprint density at radius 1 is 1.60 bits per heavy atom. The number of rotatable bonds is 4. The van der Waals surface area contributed by atoms with Gasteiger partial charge in [-0.3, -0.25) is 4.57 Å². The fraction of sp³-hybridized carbons (Fsp3) is 0.600. The minimum Gasteiger partial charge on any atom is -0.330 e. The third kappa shape index (κ3) is 3.32. The summed E-state index contributed by atoms with van der Waals surface area (Å²) in [5, 5.41) is 0.239. The fourth-order valence-electron chi connectivity index (χ4n) is 1.44. The van der Waals surface area contributed by atoms with Crippen molar-refractivity contribution < 1.29 is 0 Å². The zero-order valence-corrected chi connectivity index (χ0v) is 9.79. The van der Waals surface area contributed by atoms with Gasteiger partial charge in [0, 0.05) is 18.7 Å². The second-order valence-corrected chi connectivity index (χ2v) is 4.28. The van der Waals surface area contributed by atoms with Gasteiger partial charge in [0.2, 0.25) is 0 Å². The SMILES string of the molecule is CC(C)Cn1c(CCN)cc(Cl)nc1=O. The smallest absolute Gasteiger partial charge is 0.330 e. The van der Waals surface area contributed by atoms with Crippen LogP contribution in [-0.4, -0.2) is 16.1 Å². The lowest BCUT2D eigenvalue weighted by Gasteiger charge is -2.13. The number of aromatic nitrogens is 2. The van der Waals surface area contributed by atoms with Crippen molar-refractivity contribution in [2.45, 2.75) is 26.8 Å². The van der Waals surface area contributed by atoms with Gasteiger partial charge in [0.15, 0.2) is 0 Å². The molecule has 1 heterocycles. The molecule has 15 heavy (non-hydrogen) atoms. The summed E-state index contributed by atoms with van der Waals surface area (Å²) in [5.74, 6) is 0.391. The van der Waals surface area contributed by atoms with E-state index < -0.39 is 0 Å². The highest BCUT2D eigenvalue weighted by molar-refractivity contribution is 6.29. The Morgan fingerprint density at radius 2 is 2.27 bits per heavy atom. The molecule has 0 aliphatic heterocycles. The van der Waals surface area contributed by atoms with Gasteiger partial charge in [-0.15, -0.1) is 0 Å². The Hall–Kier alpha value is -0.870. The largest absolute Gasteiger partial charge is 0.349 e. The highest BCUT2D eigenvalue weighted by atomic mass is 35.5. The maximum Gasteiger partial charge on any atom is 0.349 e. The lowest BCUT2D eigenvalue weighted by Crippen LogP contribution is -2.29. The predicted molar refractivity (Wildman–Crippen MR) is 61.1 cm³/mol. The molecule has 0 bridgehead atoms. The normalized spacial score (nSPS) is 11.0. The van der Waals surface area contributed by atoms with Gasteiger partial charge in [-0.1, -0.05) is 25.4 Å². The summed E-state index contributed by atoms with van der Waals surface area (Å²) < 4.78 is 1.64. The molecule has 0 amide bonds. The maximum atomic E-state index is 11.6. The Bertz CT molecular complexity index is 387. The summed E-state index contributed by atoms with van der Waals surface area (Å²) >= 11 is 5.73. The summed E-state index contributed by atoms with van der Waals surface area (Å²) in [6.07, 6.45) is 0.643. The van der Waals surface area contributed by atoms with Crippen molar-refractivity contribution in [3.63, 3.8) is 0 Å². The van der Waals surface area contributed by atoms with Gasteiger partial charge < -0.3 is 5.73 Å². The number of halogens is 1. The Kier molecular flexibility index (Phi) is 4.29. The van der Waals surface area contributed by atoms with Crippen LogP contribution in [0.15, 0.2) is 10.9 Å². The molecule has 0 atom stereocenters. The topological polar surface area (TPSA) is 60.9 Å². The van der Waals surface area contributed by atoms with E-state index in [4.69, 9.17) is 17.3 Å². The number of nitrogens with zero attached hydrogens (tertiary/aromatic N) is 2. The average Bonchev–Trinajstić information content (AvgIpc) is 2.11. The Balaban J connectivity index is 3.14. The molecular formula is C10H16ClN3O. The molecule has 0 saturated carbocycles. The van der Waals surface area contributed by atoms with Gasteiger partial charge in [0.25, 0.3) is 0 Å². The zero-order chi connectivity index (χ0) is 11.4. The third-order valence-corrected chi connectivity index (χ3v) is 2.21. The summed E-state index contributed by atoms with van der Waals surface area (Å²) in [7, 11) is 0. The highest BCUT2D eigenvalue weighted by Crippen LogP contribution is 2.07. The van der Waals surface area contributed by atoms with Crippen LogP contribution in [0.25, 0.3) is 0 Å². The van der Waals surface area contributed by atoms with Crippen molar-refractivity contribution in [2.75, 3.05) is 6.54 Å². The molecule has 1 rings (SSSR count). The number of hydrogen-bond acceptors (Lipinski definition) is 3. The first-order valence-corrected chi connectivity index (χ1v) is 5.38. The molecule has 0 aliphatic carbocycles. The summed E-state index contributed by atoms with van der Waals surface area (Å²) in [6, 6.07) is 1.71. The summed E-state index contributed by atoms with van der Waals surface area (Å²) in [4.78, 5) is 15.3. The van der Waals surface area contributed by atoms with Crippen LogP contribution in [-0.2, 0) is 13.0 Å². The van der Waals surface area contributed by atoms with Crippen LogP contribution in [0.4, 0.5) is 0 Å². The van der Waals surface area contributed by atoms with Gasteiger partial charge in [-0.25, -0.2) is 4.79 Å². The lowest BCUT2D eigenvalue weighted by atomic mass is 10.2. The van der Waals surface area contributed by atoms with Crippen molar-refractivity contribution in [2.24, 2.45) is 11.7 Å². The molecule has 2 N–H and O–H groups in total. The molecule has 0 spiro atoms. The minimum absolute atomic E-state index is 0.239. The molecule has 0 fully saturated rings. The van der Waals surface area contributed by atoms with Crippen LogP contribution >= 0.6 is 11.6 Å². The monoisotopic (exact) mass is 229 g/mol. The van der Waals surface area contributed by atoms with E-state index in [1.807, 2.05) is 13.8 Å². The van der Waals surface area contributed by atoms with Crippen molar-refractivity contribution >= 4 is 11.6 Å². The van der Waals surface area contributed by atoms with Crippen molar-refractivity contribution in [1.29, 1.82) is 0 Å². The summed E-state index contributed by atoms with van der Waals surface area (Å²) in [5.41, 5.74) is 6.05. The molecule has 4 nitrogen and oxygen atoms in total. The standard InChI is InChI=1S/C10H16ClN3O/c1-7(2)6-14-8(3-4-12)5-9(11)13-10(14)15/h5,7H,3-4,6,12H2,1-2H3. The summed E-state index contributed by atoms with van der Waals surface area (Å²) in [6.45, 7) is 5.25. The molecule has 0 unspecified atom stereocenters. The van der Waals surface area contributed by atoms with Crippen LogP contribution in [0.5, 0.6) is 0 Å². The van der Waals surface area contributed by atoms with Crippen molar-refractivity contribution in [3.05, 3.63) is 27.4 Å². The van der Waals surface area contributed by atoms with E-state index in [2.05, 4.69) is 4.98 Å². The van der Waals surface area contributed by atoms with Gasteiger partial charge in [0.1, 0.15) is 5.15 Å². The molecule has 0 aromatic carbocycles. The van der Waals surface area contributed by atoms with E-state index in [-0.39, 0.29) is 10.8 Å². The highest BCUT2D eigenvalue weighted by Gasteiger charge is 2.08. The molecule has 1 aromatic rings. The molecule has 84 valence electrons. The van der Waals surface area contributed by atoms with E-state index in [9.17, 15) is 4.79 Å². The van der Waals surface area contributed by atoms with Crippen LogP contribution in [0.2, 0.25) is 5.15 Å². The molecule has 0 aliphatic rings. The van der Waals surface area contributed by atoms with Crippen molar-refractivity contribution in [1.82, 2.24) is 9.55 Å². The van der Waals surface area contributed by atoms with E-state index >= 15 is 0 Å². The maximum absolute atomic E-state index is 11.6. The van der Waals surface area contributed by atoms with E-state index in [1.165, 1.54) is 0 Å². The predicted octanol–water partition coefficient (Wildman–Crippen LogP) is 1.05. The average molecular weight is 230 g/mol. The van der Waals surface area contributed by atoms with Gasteiger partial charge in [-0.2, -0.15) is 4.98 Å². The van der Waals surface area contributed by atoms with E-state index in [0.717, 1.165) is 5.69 Å². The zero-order valence-electron chi connectivity index (χ0n) is 9.03. The van der Waals surface area contributed by atoms with Gasteiger partial charge in [-0.05, 0) is 18.5 Å². The first-order valence-electron chi connectivity index (χ1n) is 5.01. The Labute approximate surface area is 94.1 Å². The number of hydrogen-bond donors (Lipinski definition) is 1. The minimum atomic E-state index is -0.292. The second-order valence-electron chi connectivity index (χ2n) is 3.90. The quantitative estimate of drug-likeness (QED) is 0.786. The van der Waals surface area contributed by atoms with Gasteiger partial charge >= 0.3 is 5.69 Å². The van der Waals surface area contributed by atoms with Crippen molar-refractivity contribution in [3.8, 4) is 0 Å². The number of nitrogens with two attached hydrogens (primary N) is 1. The van der Waals surface area contributed by atoms with Crippen LogP contribution < -0.4 is 11.4 Å². The fourth-order valence-corrected chi connectivity index (χ4v) is 1.64. The molecule has 0 radical (unpaired) electrons. The lowest BCUT2D eigenvalue weighted by molar-refractivity contribution is 0.487. The van der Waals surface area contributed by atoms with E-state index in [0.29, 0.717) is 25.4 Å². The Morgan fingerprint density at radius 3 is 2.80 bits per heavy atom. The van der Waals surface area contributed by atoms with Crippen LogP contribution in [0.3, 0.4) is 0 Å². The first-order chi connectivity index (χ1) is 7.04. The molecule has 0 saturated heterocycles. The van der Waals surface area contributed by atoms with Gasteiger partial charge in [0.05, 0.1) is 0 Å². The first kappa shape index (κ1) is 12.2. The molecule has 5 heteroatoms. The van der Waals surface area contributed by atoms with Crippen LogP contribution in [0.1, 0.15) is 19.5 Å². The van der Waals surface area contributed by atoms with E-state index in [1.54, 1.807) is 10.6 Å². The second kappa shape index (κ2) is 5.28. The van der Waals surface area contributed by atoms with Crippen LogP contribution in [0, 0.1) is 5.92 Å². The molecular weight excluding hydrogens is 214 g/mol. The molecule has 1 aromatic heterocycles. The third-order valence-electron chi connectivity index (χ3n) is 2.01.